The maximum absolute atomic E-state index is 11.3. The van der Waals surface area contributed by atoms with Gasteiger partial charge in [0.15, 0.2) is 0 Å². The van der Waals surface area contributed by atoms with Crippen LogP contribution in [0.15, 0.2) is 11.0 Å². The summed E-state index contributed by atoms with van der Waals surface area (Å²) in [4.78, 5) is 24.4. The molecule has 1 aromatic rings. The van der Waals surface area contributed by atoms with Crippen molar-refractivity contribution in [3.05, 3.63) is 16.7 Å². The first kappa shape index (κ1) is 11.4. The summed E-state index contributed by atoms with van der Waals surface area (Å²) in [5, 5.41) is 18.3. The monoisotopic (exact) mass is 214 g/mol. The van der Waals surface area contributed by atoms with Crippen molar-refractivity contribution in [2.45, 2.75) is 26.3 Å². The summed E-state index contributed by atoms with van der Waals surface area (Å²) in [5.41, 5.74) is -0.611. The molecule has 0 saturated carbocycles. The molecule has 1 aromatic heterocycles. The van der Waals surface area contributed by atoms with Crippen molar-refractivity contribution >= 4 is 5.97 Å². The van der Waals surface area contributed by atoms with Gasteiger partial charge in [0, 0.05) is 0 Å². The van der Waals surface area contributed by atoms with Crippen molar-refractivity contribution in [3.8, 4) is 5.88 Å². The number of aromatic nitrogens is 2. The number of nitrogens with zero attached hydrogens (tertiary/aromatic N) is 1. The van der Waals surface area contributed by atoms with Crippen molar-refractivity contribution in [3.63, 3.8) is 0 Å². The van der Waals surface area contributed by atoms with Gasteiger partial charge < -0.3 is 15.2 Å². The van der Waals surface area contributed by atoms with Gasteiger partial charge in [-0.2, -0.15) is 0 Å². The Hall–Kier alpha value is -1.72. The zero-order valence-corrected chi connectivity index (χ0v) is 8.60. The summed E-state index contributed by atoms with van der Waals surface area (Å²) in [5.74, 6) is -1.36. The number of nitrogens with one attached hydrogen (secondary N) is 1. The van der Waals surface area contributed by atoms with Gasteiger partial charge in [0.2, 0.25) is 5.88 Å². The Bertz CT molecular complexity index is 404. The van der Waals surface area contributed by atoms with Gasteiger partial charge in [0.05, 0.1) is 6.20 Å². The fourth-order valence-electron chi connectivity index (χ4n) is 1.43. The predicted octanol–water partition coefficient (Wildman–Crippen LogP) is 0.554. The number of carboxylic acid groups (broad SMARTS) is 1. The molecule has 0 bridgehead atoms. The topological polar surface area (TPSA) is 95.3 Å². The molecule has 0 amide bonds. The molecule has 1 unspecified atom stereocenters. The van der Waals surface area contributed by atoms with Crippen LogP contribution in [0.3, 0.4) is 0 Å². The minimum absolute atomic E-state index is 0.118. The van der Waals surface area contributed by atoms with E-state index in [9.17, 15) is 14.7 Å². The summed E-state index contributed by atoms with van der Waals surface area (Å²) in [6.07, 6.45) is 1.37. The molecule has 0 aliphatic rings. The Balaban J connectivity index is 3.10. The molecule has 0 radical (unpaired) electrons. The number of imidazole rings is 1. The maximum atomic E-state index is 11.3. The molecule has 84 valence electrons. The Morgan fingerprint density at radius 1 is 1.60 bits per heavy atom. The summed E-state index contributed by atoms with van der Waals surface area (Å²) in [6, 6.07) is -1.02. The van der Waals surface area contributed by atoms with E-state index in [2.05, 4.69) is 4.98 Å². The minimum atomic E-state index is -1.12. The minimum Gasteiger partial charge on any atom is -0.493 e. The summed E-state index contributed by atoms with van der Waals surface area (Å²) in [6.45, 7) is 3.70. The second-order valence-corrected chi connectivity index (χ2v) is 3.81. The number of H-pyrrole nitrogens is 1. The summed E-state index contributed by atoms with van der Waals surface area (Å²) in [7, 11) is 0. The van der Waals surface area contributed by atoms with Crippen LogP contribution in [-0.2, 0) is 4.79 Å². The molecule has 1 rings (SSSR count). The predicted molar refractivity (Wildman–Crippen MR) is 52.8 cm³/mol. The van der Waals surface area contributed by atoms with Crippen LogP contribution in [0.25, 0.3) is 0 Å². The third-order valence-electron chi connectivity index (χ3n) is 2.08. The third kappa shape index (κ3) is 2.39. The van der Waals surface area contributed by atoms with Gasteiger partial charge in [-0.1, -0.05) is 13.8 Å². The lowest BCUT2D eigenvalue weighted by atomic mass is 10.0. The van der Waals surface area contributed by atoms with Crippen LogP contribution in [0.5, 0.6) is 5.88 Å². The van der Waals surface area contributed by atoms with E-state index < -0.39 is 17.7 Å². The highest BCUT2D eigenvalue weighted by molar-refractivity contribution is 5.72. The van der Waals surface area contributed by atoms with E-state index >= 15 is 0 Å². The molecule has 0 aliphatic carbocycles. The highest BCUT2D eigenvalue weighted by Gasteiger charge is 2.24. The number of aliphatic carboxylic acids is 1. The van der Waals surface area contributed by atoms with Gasteiger partial charge in [-0.25, -0.2) is 14.2 Å². The molecule has 1 atom stereocenters. The number of aromatic hydroxyl groups is 1. The second kappa shape index (κ2) is 4.20. The second-order valence-electron chi connectivity index (χ2n) is 3.81. The van der Waals surface area contributed by atoms with E-state index in [1.165, 1.54) is 0 Å². The Morgan fingerprint density at radius 3 is 2.53 bits per heavy atom. The molecular weight excluding hydrogens is 200 g/mol. The van der Waals surface area contributed by atoms with Crippen molar-refractivity contribution in [1.29, 1.82) is 0 Å². The quantitative estimate of drug-likeness (QED) is 0.682. The zero-order valence-electron chi connectivity index (χ0n) is 8.60. The van der Waals surface area contributed by atoms with Crippen LogP contribution in [0.2, 0.25) is 0 Å². The molecule has 0 fully saturated rings. The number of carbonyl (C=O) groups is 1. The van der Waals surface area contributed by atoms with Crippen LogP contribution in [0, 0.1) is 5.92 Å². The van der Waals surface area contributed by atoms with Crippen LogP contribution in [-0.4, -0.2) is 25.7 Å². The molecule has 6 nitrogen and oxygen atoms in total. The lowest BCUT2D eigenvalue weighted by Crippen LogP contribution is -2.28. The molecular formula is C9H14N2O4. The average molecular weight is 214 g/mol. The normalized spacial score (nSPS) is 13.0. The Kier molecular flexibility index (Phi) is 3.18. The highest BCUT2D eigenvalue weighted by atomic mass is 16.4. The number of rotatable bonds is 4. The number of hydrogen-bond acceptors (Lipinski definition) is 3. The smallest absolute Gasteiger partial charge is 0.329 e. The van der Waals surface area contributed by atoms with E-state index in [1.54, 1.807) is 0 Å². The van der Waals surface area contributed by atoms with E-state index in [1.807, 2.05) is 13.8 Å². The van der Waals surface area contributed by atoms with Crippen LogP contribution < -0.4 is 5.69 Å². The van der Waals surface area contributed by atoms with Crippen LogP contribution in [0.1, 0.15) is 26.3 Å². The van der Waals surface area contributed by atoms with Crippen molar-refractivity contribution in [2.75, 3.05) is 0 Å². The lowest BCUT2D eigenvalue weighted by molar-refractivity contribution is -0.141. The zero-order chi connectivity index (χ0) is 11.6. The first-order valence-electron chi connectivity index (χ1n) is 4.65. The lowest BCUT2D eigenvalue weighted by Gasteiger charge is -2.15. The van der Waals surface area contributed by atoms with Crippen LogP contribution >= 0.6 is 0 Å². The van der Waals surface area contributed by atoms with Crippen molar-refractivity contribution in [1.82, 2.24) is 9.55 Å². The average Bonchev–Trinajstić information content (AvgIpc) is 2.42. The molecule has 0 spiro atoms. The molecule has 3 N–H and O–H groups in total. The van der Waals surface area contributed by atoms with E-state index in [0.717, 1.165) is 10.8 Å². The Morgan fingerprint density at radius 2 is 2.20 bits per heavy atom. The molecule has 1 heterocycles. The van der Waals surface area contributed by atoms with Gasteiger partial charge in [0.25, 0.3) is 0 Å². The van der Waals surface area contributed by atoms with E-state index in [4.69, 9.17) is 5.11 Å². The Labute approximate surface area is 86.2 Å². The molecule has 0 aliphatic heterocycles. The van der Waals surface area contributed by atoms with Crippen LogP contribution in [0.4, 0.5) is 0 Å². The number of aromatic amines is 1. The van der Waals surface area contributed by atoms with Gasteiger partial charge in [-0.3, -0.25) is 0 Å². The first-order valence-corrected chi connectivity index (χ1v) is 4.65. The summed E-state index contributed by atoms with van der Waals surface area (Å²) >= 11 is 0. The van der Waals surface area contributed by atoms with Gasteiger partial charge in [-0.05, 0) is 12.3 Å². The fourth-order valence-corrected chi connectivity index (χ4v) is 1.43. The van der Waals surface area contributed by atoms with E-state index in [-0.39, 0.29) is 11.8 Å². The third-order valence-corrected chi connectivity index (χ3v) is 2.08. The first-order chi connectivity index (χ1) is 6.93. The van der Waals surface area contributed by atoms with E-state index in [0.29, 0.717) is 6.42 Å². The largest absolute Gasteiger partial charge is 0.493 e. The van der Waals surface area contributed by atoms with Crippen molar-refractivity contribution < 1.29 is 15.0 Å². The number of carboxylic acids is 1. The maximum Gasteiger partial charge on any atom is 0.329 e. The molecule has 6 heteroatoms. The fraction of sp³-hybridized carbons (Fsp3) is 0.556. The van der Waals surface area contributed by atoms with Gasteiger partial charge >= 0.3 is 11.7 Å². The SMILES string of the molecule is CC(C)CC(C(=O)O)n1c(O)c[nH]c1=O. The molecule has 15 heavy (non-hydrogen) atoms. The van der Waals surface area contributed by atoms with Gasteiger partial charge in [0.1, 0.15) is 6.04 Å². The van der Waals surface area contributed by atoms with Gasteiger partial charge in [-0.15, -0.1) is 0 Å². The van der Waals surface area contributed by atoms with Crippen molar-refractivity contribution in [2.24, 2.45) is 5.92 Å². The molecule has 0 saturated heterocycles. The summed E-state index contributed by atoms with van der Waals surface area (Å²) < 4.78 is 0.850. The highest BCUT2D eigenvalue weighted by Crippen LogP contribution is 2.20. The number of hydrogen-bond donors (Lipinski definition) is 3. The standard InChI is InChI=1S/C9H14N2O4/c1-5(2)3-6(8(13)14)11-7(12)4-10-9(11)15/h4-6,12H,3H2,1-2H3,(H,10,15)(H,13,14). The molecule has 0 aromatic carbocycles.